The SMILES string of the molecule is C=C1CC2C=C(NO[C@@H]3CCNC3)CC[C@]2(C)[C@H]2CC[C@]3(C)C(=O)CC[C@H]3[C@H]12. The summed E-state index contributed by atoms with van der Waals surface area (Å²) < 4.78 is 0. The molecule has 1 saturated heterocycles. The number of fused-ring (bicyclic) bond motifs is 5. The number of nitrogens with one attached hydrogen (secondary N) is 2. The molecular formula is C24H36N2O2. The van der Waals surface area contributed by atoms with E-state index in [2.05, 4.69) is 37.3 Å². The fraction of sp³-hybridized carbons (Fsp3) is 0.792. The molecular weight excluding hydrogens is 348 g/mol. The molecule has 28 heavy (non-hydrogen) atoms. The van der Waals surface area contributed by atoms with Gasteiger partial charge in [0.25, 0.3) is 0 Å². The summed E-state index contributed by atoms with van der Waals surface area (Å²) in [5.41, 5.74) is 6.23. The van der Waals surface area contributed by atoms with E-state index in [-0.39, 0.29) is 11.5 Å². The van der Waals surface area contributed by atoms with Gasteiger partial charge in [-0.3, -0.25) is 15.1 Å². The van der Waals surface area contributed by atoms with Crippen molar-refractivity contribution in [1.82, 2.24) is 10.8 Å². The third kappa shape index (κ3) is 2.74. The molecule has 0 spiro atoms. The number of hydrogen-bond donors (Lipinski definition) is 2. The Bertz CT molecular complexity index is 709. The smallest absolute Gasteiger partial charge is 0.139 e. The maximum Gasteiger partial charge on any atom is 0.139 e. The number of carbonyl (C=O) groups excluding carboxylic acids is 1. The number of rotatable bonds is 3. The van der Waals surface area contributed by atoms with Gasteiger partial charge in [0.1, 0.15) is 5.78 Å². The van der Waals surface area contributed by atoms with Crippen molar-refractivity contribution in [3.8, 4) is 0 Å². The first-order chi connectivity index (χ1) is 13.4. The lowest BCUT2D eigenvalue weighted by Crippen LogP contribution is -2.53. The molecule has 0 aromatic rings. The zero-order valence-corrected chi connectivity index (χ0v) is 17.6. The number of ketones is 1. The van der Waals surface area contributed by atoms with Crippen LogP contribution in [0.5, 0.6) is 0 Å². The van der Waals surface area contributed by atoms with E-state index >= 15 is 0 Å². The van der Waals surface area contributed by atoms with Gasteiger partial charge in [-0.25, -0.2) is 0 Å². The molecule has 0 amide bonds. The largest absolute Gasteiger partial charge is 0.314 e. The molecule has 0 aromatic carbocycles. The Balaban J connectivity index is 1.35. The van der Waals surface area contributed by atoms with Crippen molar-refractivity contribution < 1.29 is 9.63 Å². The van der Waals surface area contributed by atoms with E-state index in [0.717, 1.165) is 51.6 Å². The first-order valence-corrected chi connectivity index (χ1v) is 11.5. The Morgan fingerprint density at radius 1 is 1.18 bits per heavy atom. The van der Waals surface area contributed by atoms with Crippen LogP contribution in [0.2, 0.25) is 0 Å². The molecule has 1 aliphatic heterocycles. The fourth-order valence-electron chi connectivity index (χ4n) is 7.47. The van der Waals surface area contributed by atoms with Crippen LogP contribution in [0.4, 0.5) is 0 Å². The molecule has 0 bridgehead atoms. The summed E-state index contributed by atoms with van der Waals surface area (Å²) in [5, 5.41) is 3.35. The summed E-state index contributed by atoms with van der Waals surface area (Å²) in [6.07, 6.45) is 11.3. The van der Waals surface area contributed by atoms with Gasteiger partial charge in [-0.15, -0.1) is 0 Å². The van der Waals surface area contributed by atoms with Crippen LogP contribution < -0.4 is 10.8 Å². The first-order valence-electron chi connectivity index (χ1n) is 11.5. The second-order valence-electron chi connectivity index (χ2n) is 10.7. The summed E-state index contributed by atoms with van der Waals surface area (Å²) >= 11 is 0. The molecule has 4 fully saturated rings. The predicted molar refractivity (Wildman–Crippen MR) is 110 cm³/mol. The molecule has 4 aliphatic carbocycles. The van der Waals surface area contributed by atoms with Crippen molar-refractivity contribution >= 4 is 5.78 Å². The van der Waals surface area contributed by atoms with E-state index in [1.807, 2.05) is 0 Å². The topological polar surface area (TPSA) is 50.4 Å². The van der Waals surface area contributed by atoms with Crippen molar-refractivity contribution in [3.63, 3.8) is 0 Å². The summed E-state index contributed by atoms with van der Waals surface area (Å²) in [7, 11) is 0. The quantitative estimate of drug-likeness (QED) is 0.567. The Morgan fingerprint density at radius 2 is 2.04 bits per heavy atom. The van der Waals surface area contributed by atoms with Crippen LogP contribution in [-0.4, -0.2) is 25.0 Å². The van der Waals surface area contributed by atoms with E-state index in [4.69, 9.17) is 4.84 Å². The van der Waals surface area contributed by atoms with E-state index < -0.39 is 0 Å². The third-order valence-electron chi connectivity index (χ3n) is 9.33. The van der Waals surface area contributed by atoms with E-state index in [0.29, 0.717) is 34.9 Å². The zero-order chi connectivity index (χ0) is 19.5. The lowest BCUT2D eigenvalue weighted by Gasteiger charge is -2.59. The van der Waals surface area contributed by atoms with Crippen LogP contribution in [-0.2, 0) is 9.63 Å². The lowest BCUT2D eigenvalue weighted by atomic mass is 9.45. The minimum absolute atomic E-state index is 0.0757. The number of carbonyl (C=O) groups is 1. The number of hydrogen-bond acceptors (Lipinski definition) is 4. The zero-order valence-electron chi connectivity index (χ0n) is 17.6. The van der Waals surface area contributed by atoms with E-state index in [1.54, 1.807) is 0 Å². The molecule has 0 aromatic heterocycles. The van der Waals surface area contributed by atoms with Crippen LogP contribution in [0.1, 0.15) is 65.2 Å². The molecule has 2 N–H and O–H groups in total. The molecule has 4 nitrogen and oxygen atoms in total. The molecule has 7 atom stereocenters. The highest BCUT2D eigenvalue weighted by atomic mass is 16.7. The lowest BCUT2D eigenvalue weighted by molar-refractivity contribution is -0.132. The van der Waals surface area contributed by atoms with Crippen LogP contribution in [0, 0.1) is 34.5 Å². The summed E-state index contributed by atoms with van der Waals surface area (Å²) in [6.45, 7) is 11.3. The van der Waals surface area contributed by atoms with Crippen molar-refractivity contribution in [2.75, 3.05) is 13.1 Å². The van der Waals surface area contributed by atoms with Crippen LogP contribution in [0.3, 0.4) is 0 Å². The Hall–Kier alpha value is -1.13. The average Bonchev–Trinajstić information content (AvgIpc) is 3.29. The maximum atomic E-state index is 12.6. The Morgan fingerprint density at radius 3 is 2.82 bits per heavy atom. The van der Waals surface area contributed by atoms with Crippen molar-refractivity contribution in [2.24, 2.45) is 34.5 Å². The van der Waals surface area contributed by atoms with Gasteiger partial charge in [0.05, 0.1) is 6.10 Å². The van der Waals surface area contributed by atoms with Gasteiger partial charge in [0, 0.05) is 24.1 Å². The summed E-state index contributed by atoms with van der Waals surface area (Å²) in [5.74, 6) is 2.83. The highest BCUT2D eigenvalue weighted by molar-refractivity contribution is 5.87. The second kappa shape index (κ2) is 6.70. The molecule has 0 radical (unpaired) electrons. The van der Waals surface area contributed by atoms with Crippen molar-refractivity contribution in [2.45, 2.75) is 71.3 Å². The minimum atomic E-state index is -0.0757. The average molecular weight is 385 g/mol. The van der Waals surface area contributed by atoms with Gasteiger partial charge in [-0.1, -0.05) is 32.1 Å². The normalized spacial score (nSPS) is 47.9. The maximum absolute atomic E-state index is 12.6. The van der Waals surface area contributed by atoms with Crippen molar-refractivity contribution in [1.29, 1.82) is 0 Å². The monoisotopic (exact) mass is 384 g/mol. The number of Topliss-reactive ketones (excluding diaryl/α,β-unsaturated/α-hetero) is 1. The van der Waals surface area contributed by atoms with E-state index in [1.165, 1.54) is 24.1 Å². The molecule has 3 saturated carbocycles. The Kier molecular flexibility index (Phi) is 4.52. The highest BCUT2D eigenvalue weighted by Gasteiger charge is 2.60. The van der Waals surface area contributed by atoms with Gasteiger partial charge in [-0.2, -0.15) is 0 Å². The fourth-order valence-corrected chi connectivity index (χ4v) is 7.47. The molecule has 1 unspecified atom stereocenters. The predicted octanol–water partition coefficient (Wildman–Crippen LogP) is 4.14. The molecule has 5 rings (SSSR count). The van der Waals surface area contributed by atoms with Crippen molar-refractivity contribution in [3.05, 3.63) is 23.9 Å². The molecule has 154 valence electrons. The van der Waals surface area contributed by atoms with Gasteiger partial charge in [-0.05, 0) is 80.6 Å². The standard InChI is InChI=1S/C24H36N2O2/c1-15-12-16-13-17(26-28-18-8-11-25-14-18)6-9-23(16,2)20-7-10-24(3)19(22(15)20)4-5-21(24)27/h13,16,18-20,22,25-26H,1,4-12,14H2,2-3H3/t16?,18-,19+,20+,22+,23+,24+/m1/s1. The minimum Gasteiger partial charge on any atom is -0.314 e. The van der Waals surface area contributed by atoms with Crippen LogP contribution in [0.25, 0.3) is 0 Å². The second-order valence-corrected chi connectivity index (χ2v) is 10.7. The molecule has 1 heterocycles. The van der Waals surface area contributed by atoms with Crippen LogP contribution >= 0.6 is 0 Å². The third-order valence-corrected chi connectivity index (χ3v) is 9.33. The van der Waals surface area contributed by atoms with Gasteiger partial charge >= 0.3 is 0 Å². The van der Waals surface area contributed by atoms with Crippen LogP contribution in [0.15, 0.2) is 23.9 Å². The van der Waals surface area contributed by atoms with Gasteiger partial charge in [0.15, 0.2) is 0 Å². The molecule has 5 aliphatic rings. The first kappa shape index (κ1) is 18.9. The van der Waals surface area contributed by atoms with Gasteiger partial charge in [0.2, 0.25) is 0 Å². The number of allylic oxidation sites excluding steroid dienone is 3. The van der Waals surface area contributed by atoms with Gasteiger partial charge < -0.3 is 5.32 Å². The number of hydroxylamine groups is 1. The summed E-state index contributed by atoms with van der Waals surface area (Å²) in [4.78, 5) is 18.6. The summed E-state index contributed by atoms with van der Waals surface area (Å²) in [6, 6.07) is 0. The Labute approximate surface area is 169 Å². The molecule has 4 heteroatoms. The van der Waals surface area contributed by atoms with E-state index in [9.17, 15) is 4.79 Å². The highest BCUT2D eigenvalue weighted by Crippen LogP contribution is 2.66.